The van der Waals surface area contributed by atoms with E-state index < -0.39 is 15.9 Å². The quantitative estimate of drug-likeness (QED) is 0.823. The van der Waals surface area contributed by atoms with Crippen molar-refractivity contribution in [1.29, 1.82) is 0 Å². The second-order valence-electron chi connectivity index (χ2n) is 5.86. The molecule has 0 aliphatic carbocycles. The van der Waals surface area contributed by atoms with Crippen LogP contribution in [0.3, 0.4) is 0 Å². The predicted octanol–water partition coefficient (Wildman–Crippen LogP) is 1.97. The summed E-state index contributed by atoms with van der Waals surface area (Å²) in [6.45, 7) is 0.952. The number of amides is 1. The van der Waals surface area contributed by atoms with E-state index in [1.807, 2.05) is 0 Å². The van der Waals surface area contributed by atoms with Gasteiger partial charge in [0.05, 0.1) is 23.6 Å². The maximum Gasteiger partial charge on any atom is 0.276 e. The summed E-state index contributed by atoms with van der Waals surface area (Å²) < 4.78 is 44.3. The van der Waals surface area contributed by atoms with Crippen LogP contribution in [0.5, 0.6) is 0 Å². The minimum atomic E-state index is -3.71. The van der Waals surface area contributed by atoms with Gasteiger partial charge in [-0.1, -0.05) is 12.1 Å². The van der Waals surface area contributed by atoms with Crippen molar-refractivity contribution in [3.8, 4) is 0 Å². The molecule has 1 aliphatic rings. The third-order valence-corrected chi connectivity index (χ3v) is 6.18. The third kappa shape index (κ3) is 5.07. The number of nitrogens with zero attached hydrogens (tertiary/aromatic N) is 1. The first kappa shape index (κ1) is 18.0. The molecule has 1 fully saturated rings. The number of sulfonamides is 1. The van der Waals surface area contributed by atoms with Gasteiger partial charge in [0, 0.05) is 18.9 Å². The molecule has 1 atom stereocenters. The average molecular weight is 384 g/mol. The van der Waals surface area contributed by atoms with Crippen LogP contribution in [-0.4, -0.2) is 38.3 Å². The highest BCUT2D eigenvalue weighted by Gasteiger charge is 2.25. The number of halogens is 1. The molecule has 1 unspecified atom stereocenters. The lowest BCUT2D eigenvalue weighted by molar-refractivity contribution is 0.0985. The lowest BCUT2D eigenvalue weighted by Crippen LogP contribution is -2.34. The molecule has 1 aromatic carbocycles. The lowest BCUT2D eigenvalue weighted by atomic mass is 10.2. The number of benzene rings is 1. The Morgan fingerprint density at radius 1 is 1.36 bits per heavy atom. The van der Waals surface area contributed by atoms with E-state index in [4.69, 9.17) is 4.74 Å². The summed E-state index contributed by atoms with van der Waals surface area (Å²) in [7, 11) is -3.71. The van der Waals surface area contributed by atoms with E-state index in [9.17, 15) is 17.6 Å². The van der Waals surface area contributed by atoms with Crippen molar-refractivity contribution in [2.45, 2.75) is 12.8 Å². The molecule has 25 heavy (non-hydrogen) atoms. The van der Waals surface area contributed by atoms with Crippen molar-refractivity contribution in [3.05, 3.63) is 51.7 Å². The standard InChI is InChI=1S/C16H17FN2O4S2/c17-13-3-1-11(2-4-13)7-15-18-8-14(24-15)16(20)19-25(21,22)10-12-5-6-23-9-12/h1-4,8,12H,5-7,9-10H2,(H,19,20). The Labute approximate surface area is 149 Å². The summed E-state index contributed by atoms with van der Waals surface area (Å²) >= 11 is 1.12. The van der Waals surface area contributed by atoms with Crippen molar-refractivity contribution in [1.82, 2.24) is 9.71 Å². The van der Waals surface area contributed by atoms with Gasteiger partial charge in [0.15, 0.2) is 0 Å². The van der Waals surface area contributed by atoms with Gasteiger partial charge in [-0.15, -0.1) is 11.3 Å². The fourth-order valence-electron chi connectivity index (χ4n) is 2.53. The monoisotopic (exact) mass is 384 g/mol. The fourth-order valence-corrected chi connectivity index (χ4v) is 4.80. The molecule has 0 saturated carbocycles. The first-order valence-corrected chi connectivity index (χ1v) is 10.2. The third-order valence-electron chi connectivity index (χ3n) is 3.77. The van der Waals surface area contributed by atoms with Crippen molar-refractivity contribution >= 4 is 27.3 Å². The van der Waals surface area contributed by atoms with Gasteiger partial charge in [-0.05, 0) is 24.1 Å². The lowest BCUT2D eigenvalue weighted by Gasteiger charge is -2.09. The summed E-state index contributed by atoms with van der Waals surface area (Å²) in [6, 6.07) is 6.00. The molecule has 1 aliphatic heterocycles. The van der Waals surface area contributed by atoms with Gasteiger partial charge >= 0.3 is 0 Å². The number of ether oxygens (including phenoxy) is 1. The minimum absolute atomic E-state index is 0.0826. The van der Waals surface area contributed by atoms with Crippen LogP contribution in [0.4, 0.5) is 4.39 Å². The number of aromatic nitrogens is 1. The maximum atomic E-state index is 12.9. The van der Waals surface area contributed by atoms with E-state index in [-0.39, 0.29) is 22.4 Å². The molecule has 1 amide bonds. The van der Waals surface area contributed by atoms with Gasteiger partial charge in [-0.2, -0.15) is 0 Å². The van der Waals surface area contributed by atoms with E-state index in [1.165, 1.54) is 18.3 Å². The summed E-state index contributed by atoms with van der Waals surface area (Å²) in [4.78, 5) is 16.5. The highest BCUT2D eigenvalue weighted by Crippen LogP contribution is 2.18. The molecular weight excluding hydrogens is 367 g/mol. The maximum absolute atomic E-state index is 12.9. The summed E-state index contributed by atoms with van der Waals surface area (Å²) in [5.74, 6) is -1.21. The van der Waals surface area contributed by atoms with Crippen LogP contribution >= 0.6 is 11.3 Å². The van der Waals surface area contributed by atoms with E-state index >= 15 is 0 Å². The van der Waals surface area contributed by atoms with E-state index in [2.05, 4.69) is 9.71 Å². The van der Waals surface area contributed by atoms with E-state index in [1.54, 1.807) is 12.1 Å². The van der Waals surface area contributed by atoms with Gasteiger partial charge in [-0.3, -0.25) is 4.79 Å². The zero-order chi connectivity index (χ0) is 17.9. The first-order valence-electron chi connectivity index (χ1n) is 7.73. The number of rotatable bonds is 6. The van der Waals surface area contributed by atoms with E-state index in [0.717, 1.165) is 16.9 Å². The average Bonchev–Trinajstić information content (AvgIpc) is 3.20. The van der Waals surface area contributed by atoms with Gasteiger partial charge < -0.3 is 4.74 Å². The van der Waals surface area contributed by atoms with Crippen LogP contribution in [0.2, 0.25) is 0 Å². The normalized spacial score (nSPS) is 17.6. The molecular formula is C16H17FN2O4S2. The molecule has 2 heterocycles. The van der Waals surface area contributed by atoms with Gasteiger partial charge in [0.2, 0.25) is 10.0 Å². The summed E-state index contributed by atoms with van der Waals surface area (Å²) in [6.07, 6.45) is 2.48. The summed E-state index contributed by atoms with van der Waals surface area (Å²) in [5, 5.41) is 0.651. The molecule has 134 valence electrons. The Balaban J connectivity index is 1.60. The van der Waals surface area contributed by atoms with Crippen molar-refractivity contribution in [2.24, 2.45) is 5.92 Å². The largest absolute Gasteiger partial charge is 0.381 e. The number of thiazole rings is 1. The van der Waals surface area contributed by atoms with Crippen molar-refractivity contribution in [3.63, 3.8) is 0 Å². The number of hydrogen-bond donors (Lipinski definition) is 1. The molecule has 1 aromatic heterocycles. The zero-order valence-electron chi connectivity index (χ0n) is 13.3. The van der Waals surface area contributed by atoms with Gasteiger partial charge in [0.25, 0.3) is 5.91 Å². The van der Waals surface area contributed by atoms with Crippen LogP contribution in [0, 0.1) is 11.7 Å². The van der Waals surface area contributed by atoms with Crippen LogP contribution in [0.15, 0.2) is 30.5 Å². The number of hydrogen-bond acceptors (Lipinski definition) is 6. The van der Waals surface area contributed by atoms with Gasteiger partial charge in [-0.25, -0.2) is 22.5 Å². The van der Waals surface area contributed by atoms with E-state index in [0.29, 0.717) is 31.1 Å². The topological polar surface area (TPSA) is 85.4 Å². The number of carbonyl (C=O) groups is 1. The molecule has 6 nitrogen and oxygen atoms in total. The Kier molecular flexibility index (Phi) is 5.45. The second-order valence-corrected chi connectivity index (χ2v) is 8.75. The van der Waals surface area contributed by atoms with Crippen LogP contribution in [0.1, 0.15) is 26.7 Å². The van der Waals surface area contributed by atoms with Crippen LogP contribution in [0.25, 0.3) is 0 Å². The Morgan fingerprint density at radius 3 is 2.80 bits per heavy atom. The van der Waals surface area contributed by atoms with Crippen molar-refractivity contribution < 1.29 is 22.3 Å². The highest BCUT2D eigenvalue weighted by molar-refractivity contribution is 7.90. The minimum Gasteiger partial charge on any atom is -0.381 e. The molecule has 9 heteroatoms. The summed E-state index contributed by atoms with van der Waals surface area (Å²) in [5.41, 5.74) is 0.858. The van der Waals surface area contributed by atoms with Crippen molar-refractivity contribution in [2.75, 3.05) is 19.0 Å². The zero-order valence-corrected chi connectivity index (χ0v) is 14.9. The Morgan fingerprint density at radius 2 is 2.12 bits per heavy atom. The second kappa shape index (κ2) is 7.59. The highest BCUT2D eigenvalue weighted by atomic mass is 32.2. The Hall–Kier alpha value is -1.84. The van der Waals surface area contributed by atoms with Gasteiger partial charge in [0.1, 0.15) is 10.7 Å². The Bertz CT molecular complexity index is 843. The first-order chi connectivity index (χ1) is 11.9. The predicted molar refractivity (Wildman–Crippen MR) is 91.5 cm³/mol. The molecule has 0 spiro atoms. The SMILES string of the molecule is O=C(NS(=O)(=O)CC1CCOC1)c1cnc(Cc2ccc(F)cc2)s1. The van der Waals surface area contributed by atoms with Crippen LogP contribution < -0.4 is 4.72 Å². The molecule has 1 saturated heterocycles. The molecule has 3 rings (SSSR count). The fraction of sp³-hybridized carbons (Fsp3) is 0.375. The molecule has 1 N–H and O–H groups in total. The molecule has 0 bridgehead atoms. The smallest absolute Gasteiger partial charge is 0.276 e. The van der Waals surface area contributed by atoms with Crippen LogP contribution in [-0.2, 0) is 21.2 Å². The number of carbonyl (C=O) groups excluding carboxylic acids is 1. The molecule has 0 radical (unpaired) electrons. The number of nitrogens with one attached hydrogen (secondary N) is 1. The molecule has 2 aromatic rings.